The second-order valence-electron chi connectivity index (χ2n) is 10.5. The molecule has 0 unspecified atom stereocenters. The highest BCUT2D eigenvalue weighted by atomic mass is 15.4. The third kappa shape index (κ3) is 13.7. The van der Waals surface area contributed by atoms with Gasteiger partial charge in [0.1, 0.15) is 0 Å². The Morgan fingerprint density at radius 3 is 1.59 bits per heavy atom. The van der Waals surface area contributed by atoms with E-state index in [0.29, 0.717) is 0 Å². The van der Waals surface area contributed by atoms with Crippen LogP contribution in [-0.4, -0.2) is 87.9 Å². The third-order valence-corrected chi connectivity index (χ3v) is 6.55. The van der Waals surface area contributed by atoms with Gasteiger partial charge in [0.15, 0.2) is 0 Å². The maximum atomic E-state index is 2.69. The summed E-state index contributed by atoms with van der Waals surface area (Å²) < 4.78 is 2.40. The lowest BCUT2D eigenvalue weighted by Gasteiger charge is -2.42. The second-order valence-corrected chi connectivity index (χ2v) is 10.5. The molecule has 27 heavy (non-hydrogen) atoms. The van der Waals surface area contributed by atoms with E-state index in [2.05, 4.69) is 40.0 Å². The predicted octanol–water partition coefficient (Wildman–Crippen LogP) is 5.16. The van der Waals surface area contributed by atoms with E-state index in [4.69, 9.17) is 0 Å². The van der Waals surface area contributed by atoms with Gasteiger partial charge in [0.25, 0.3) is 0 Å². The first kappa shape index (κ1) is 24.9. The summed E-state index contributed by atoms with van der Waals surface area (Å²) in [6.07, 6.45) is 17.5. The number of likely N-dealkylation sites (N-methyl/N-ethyl adjacent to an activating group) is 2. The lowest BCUT2D eigenvalue weighted by molar-refractivity contribution is -0.914. The zero-order valence-electron chi connectivity index (χ0n) is 19.8. The Balaban J connectivity index is 1.93. The van der Waals surface area contributed by atoms with Crippen molar-refractivity contribution < 1.29 is 8.97 Å². The van der Waals surface area contributed by atoms with Crippen LogP contribution in [0.4, 0.5) is 0 Å². The highest BCUT2D eigenvalue weighted by molar-refractivity contribution is 4.63. The van der Waals surface area contributed by atoms with Crippen molar-refractivity contribution in [2.24, 2.45) is 0 Å². The van der Waals surface area contributed by atoms with E-state index in [9.17, 15) is 0 Å². The summed E-state index contributed by atoms with van der Waals surface area (Å²) in [4.78, 5) is 2.69. The minimum atomic E-state index is 1.08. The largest absolute Gasteiger partial charge is 0.330 e. The van der Waals surface area contributed by atoms with Gasteiger partial charge in [0.05, 0.1) is 54.4 Å². The van der Waals surface area contributed by atoms with Crippen LogP contribution in [-0.2, 0) is 0 Å². The van der Waals surface area contributed by atoms with Crippen molar-refractivity contribution in [2.45, 2.75) is 84.0 Å². The SMILES string of the molecule is CCCCCCCCCCCCCC[N+]1(C)CCN(CC[N+](C)(C)C)CC1. The molecule has 0 aliphatic carbocycles. The van der Waals surface area contributed by atoms with Crippen LogP contribution in [0.25, 0.3) is 0 Å². The molecule has 0 aromatic heterocycles. The van der Waals surface area contributed by atoms with Crippen LogP contribution in [0.2, 0.25) is 0 Å². The summed E-state index contributed by atoms with van der Waals surface area (Å²) in [5.41, 5.74) is 0. The normalized spacial score (nSPS) is 18.1. The summed E-state index contributed by atoms with van der Waals surface area (Å²) in [6, 6.07) is 0. The zero-order chi connectivity index (χ0) is 20.0. The molecule has 0 aromatic rings. The van der Waals surface area contributed by atoms with Crippen LogP contribution in [0.3, 0.4) is 0 Å². The molecular formula is C24H53N3+2. The lowest BCUT2D eigenvalue weighted by atomic mass is 10.0. The molecule has 0 saturated carbocycles. The van der Waals surface area contributed by atoms with Gasteiger partial charge in [-0.25, -0.2) is 0 Å². The van der Waals surface area contributed by atoms with Gasteiger partial charge < -0.3 is 8.97 Å². The maximum Gasteiger partial charge on any atom is 0.0914 e. The molecule has 1 fully saturated rings. The molecule has 3 nitrogen and oxygen atoms in total. The van der Waals surface area contributed by atoms with Crippen LogP contribution in [0.5, 0.6) is 0 Å². The molecule has 1 rings (SSSR count). The van der Waals surface area contributed by atoms with Crippen LogP contribution < -0.4 is 0 Å². The topological polar surface area (TPSA) is 3.24 Å². The average molecular weight is 384 g/mol. The Morgan fingerprint density at radius 2 is 1.15 bits per heavy atom. The number of nitrogens with zero attached hydrogens (tertiary/aromatic N) is 3. The van der Waals surface area contributed by atoms with Gasteiger partial charge in [-0.05, 0) is 12.8 Å². The van der Waals surface area contributed by atoms with Gasteiger partial charge >= 0.3 is 0 Å². The van der Waals surface area contributed by atoms with Gasteiger partial charge in [0.2, 0.25) is 0 Å². The number of unbranched alkanes of at least 4 members (excludes halogenated alkanes) is 11. The highest BCUT2D eigenvalue weighted by Gasteiger charge is 2.28. The molecule has 0 N–H and O–H groups in total. The van der Waals surface area contributed by atoms with Gasteiger partial charge in [0, 0.05) is 19.6 Å². The van der Waals surface area contributed by atoms with E-state index in [1.807, 2.05) is 0 Å². The van der Waals surface area contributed by atoms with E-state index >= 15 is 0 Å². The fourth-order valence-corrected chi connectivity index (χ4v) is 4.21. The minimum absolute atomic E-state index is 1.08. The molecule has 0 spiro atoms. The molecule has 1 heterocycles. The lowest BCUT2D eigenvalue weighted by Crippen LogP contribution is -2.58. The molecule has 1 saturated heterocycles. The van der Waals surface area contributed by atoms with Crippen LogP contribution in [0.15, 0.2) is 0 Å². The number of rotatable bonds is 16. The third-order valence-electron chi connectivity index (χ3n) is 6.55. The van der Waals surface area contributed by atoms with E-state index in [1.165, 1.54) is 127 Å². The Bertz CT molecular complexity index is 340. The smallest absolute Gasteiger partial charge is 0.0914 e. The van der Waals surface area contributed by atoms with Crippen LogP contribution in [0, 0.1) is 0 Å². The molecule has 1 aliphatic heterocycles. The monoisotopic (exact) mass is 383 g/mol. The van der Waals surface area contributed by atoms with Gasteiger partial charge in [-0.2, -0.15) is 0 Å². The zero-order valence-corrected chi connectivity index (χ0v) is 19.8. The van der Waals surface area contributed by atoms with Crippen molar-refractivity contribution in [3.63, 3.8) is 0 Å². The molecule has 0 radical (unpaired) electrons. The Morgan fingerprint density at radius 1 is 0.704 bits per heavy atom. The summed E-state index contributed by atoms with van der Waals surface area (Å²) >= 11 is 0. The Kier molecular flexibility index (Phi) is 12.9. The summed E-state index contributed by atoms with van der Waals surface area (Å²) in [6.45, 7) is 11.6. The van der Waals surface area contributed by atoms with Crippen molar-refractivity contribution in [1.82, 2.24) is 4.90 Å². The first-order valence-corrected chi connectivity index (χ1v) is 12.2. The van der Waals surface area contributed by atoms with Crippen molar-refractivity contribution in [2.75, 3.05) is 74.0 Å². The average Bonchev–Trinajstić information content (AvgIpc) is 2.61. The fourth-order valence-electron chi connectivity index (χ4n) is 4.21. The van der Waals surface area contributed by atoms with Crippen molar-refractivity contribution in [1.29, 1.82) is 0 Å². The Hall–Kier alpha value is -0.120. The maximum absolute atomic E-state index is 2.69. The van der Waals surface area contributed by atoms with Crippen molar-refractivity contribution in [3.8, 4) is 0 Å². The standard InChI is InChI=1S/C24H53N3/c1-6-7-8-9-10-11-12-13-14-15-16-17-21-27(5)23-19-25(20-24-27)18-22-26(2,3)4/h6-24H2,1-5H3/q+2. The number of hydrogen-bond acceptors (Lipinski definition) is 1. The quantitative estimate of drug-likeness (QED) is 0.263. The van der Waals surface area contributed by atoms with Crippen LogP contribution >= 0.6 is 0 Å². The molecule has 1 aliphatic rings. The van der Waals surface area contributed by atoms with Gasteiger partial charge in [-0.1, -0.05) is 71.1 Å². The molecule has 0 aromatic carbocycles. The van der Waals surface area contributed by atoms with E-state index in [0.717, 1.165) is 4.48 Å². The van der Waals surface area contributed by atoms with Gasteiger partial charge in [-0.3, -0.25) is 4.90 Å². The molecule has 0 bridgehead atoms. The van der Waals surface area contributed by atoms with E-state index in [1.54, 1.807) is 0 Å². The second kappa shape index (κ2) is 14.0. The molecule has 162 valence electrons. The highest BCUT2D eigenvalue weighted by Crippen LogP contribution is 2.15. The van der Waals surface area contributed by atoms with Crippen molar-refractivity contribution in [3.05, 3.63) is 0 Å². The number of hydrogen-bond donors (Lipinski definition) is 0. The van der Waals surface area contributed by atoms with Gasteiger partial charge in [-0.15, -0.1) is 0 Å². The molecular weight excluding hydrogens is 330 g/mol. The Labute approximate surface area is 172 Å². The molecule has 3 heteroatoms. The first-order chi connectivity index (χ1) is 12.8. The first-order valence-electron chi connectivity index (χ1n) is 12.2. The summed E-state index contributed by atoms with van der Waals surface area (Å²) in [5, 5.41) is 0. The molecule has 0 atom stereocenters. The van der Waals surface area contributed by atoms with Crippen LogP contribution in [0.1, 0.15) is 84.0 Å². The van der Waals surface area contributed by atoms with Crippen molar-refractivity contribution >= 4 is 0 Å². The minimum Gasteiger partial charge on any atom is -0.330 e. The fraction of sp³-hybridized carbons (Fsp3) is 1.00. The van der Waals surface area contributed by atoms with E-state index < -0.39 is 0 Å². The van der Waals surface area contributed by atoms with E-state index in [-0.39, 0.29) is 0 Å². The number of quaternary nitrogens is 2. The summed E-state index contributed by atoms with van der Waals surface area (Å²) in [7, 11) is 9.41. The number of piperazine rings is 1. The summed E-state index contributed by atoms with van der Waals surface area (Å²) in [5.74, 6) is 0. The predicted molar refractivity (Wildman–Crippen MR) is 121 cm³/mol. The molecule has 0 amide bonds.